The minimum Gasteiger partial charge on any atom is -0.487 e. The summed E-state index contributed by atoms with van der Waals surface area (Å²) >= 11 is 0. The van der Waals surface area contributed by atoms with E-state index >= 15 is 0 Å². The van der Waals surface area contributed by atoms with E-state index in [1.54, 1.807) is 12.1 Å². The van der Waals surface area contributed by atoms with Crippen molar-refractivity contribution in [3.8, 4) is 5.75 Å². The summed E-state index contributed by atoms with van der Waals surface area (Å²) in [6, 6.07) is 7.92. The van der Waals surface area contributed by atoms with Crippen LogP contribution in [-0.2, 0) is 12.8 Å². The van der Waals surface area contributed by atoms with Crippen LogP contribution in [-0.4, -0.2) is 4.98 Å². The minimum atomic E-state index is -4.38. The summed E-state index contributed by atoms with van der Waals surface area (Å²) in [6.07, 6.45) is -2.87. The normalized spacial score (nSPS) is 11.3. The summed E-state index contributed by atoms with van der Waals surface area (Å²) in [5, 5.41) is 0. The third-order valence-electron chi connectivity index (χ3n) is 2.39. The molecule has 0 atom stereocenters. The summed E-state index contributed by atoms with van der Waals surface area (Å²) in [4.78, 5) is 4.00. The van der Waals surface area contributed by atoms with Crippen LogP contribution in [0.2, 0.25) is 0 Å². The van der Waals surface area contributed by atoms with Crippen molar-refractivity contribution in [3.63, 3.8) is 0 Å². The van der Waals surface area contributed by atoms with E-state index in [0.717, 1.165) is 12.1 Å². The van der Waals surface area contributed by atoms with Gasteiger partial charge in [-0.25, -0.2) is 0 Å². The first kappa shape index (κ1) is 13.2. The molecule has 0 unspecified atom stereocenters. The molecular formula is C13H11F3N2O. The molecule has 2 N–H and O–H groups in total. The molecule has 3 nitrogen and oxygen atoms in total. The Hall–Kier alpha value is -2.24. The second-order valence-electron chi connectivity index (χ2n) is 3.89. The predicted octanol–water partition coefficient (Wildman–Crippen LogP) is 3.26. The summed E-state index contributed by atoms with van der Waals surface area (Å²) < 4.78 is 42.8. The van der Waals surface area contributed by atoms with Gasteiger partial charge in [0.1, 0.15) is 12.4 Å². The molecule has 2 aromatic rings. The van der Waals surface area contributed by atoms with Crippen molar-refractivity contribution < 1.29 is 17.9 Å². The van der Waals surface area contributed by atoms with Crippen LogP contribution in [0.5, 0.6) is 5.75 Å². The van der Waals surface area contributed by atoms with E-state index in [1.807, 2.05) is 0 Å². The zero-order valence-corrected chi connectivity index (χ0v) is 9.82. The van der Waals surface area contributed by atoms with E-state index < -0.39 is 11.7 Å². The number of alkyl halides is 3. The number of ether oxygens (including phenoxy) is 1. The Kier molecular flexibility index (Phi) is 3.59. The number of halogens is 3. The van der Waals surface area contributed by atoms with Crippen LogP contribution in [0.25, 0.3) is 0 Å². The lowest BCUT2D eigenvalue weighted by Crippen LogP contribution is -2.05. The van der Waals surface area contributed by atoms with Gasteiger partial charge in [-0.1, -0.05) is 6.07 Å². The highest BCUT2D eigenvalue weighted by atomic mass is 19.4. The van der Waals surface area contributed by atoms with Crippen LogP contribution in [0.3, 0.4) is 0 Å². The Labute approximate surface area is 107 Å². The van der Waals surface area contributed by atoms with Crippen molar-refractivity contribution in [1.82, 2.24) is 4.98 Å². The number of rotatable bonds is 3. The van der Waals surface area contributed by atoms with E-state index in [2.05, 4.69) is 4.98 Å². The van der Waals surface area contributed by atoms with Crippen molar-refractivity contribution in [1.29, 1.82) is 0 Å². The molecule has 0 amide bonds. The molecule has 0 bridgehead atoms. The molecule has 6 heteroatoms. The molecule has 0 saturated heterocycles. The lowest BCUT2D eigenvalue weighted by molar-refractivity contribution is -0.137. The van der Waals surface area contributed by atoms with Crippen LogP contribution < -0.4 is 10.5 Å². The maximum atomic E-state index is 12.5. The molecule has 1 heterocycles. The van der Waals surface area contributed by atoms with E-state index in [9.17, 15) is 13.2 Å². The van der Waals surface area contributed by atoms with Crippen molar-refractivity contribution in [3.05, 3.63) is 53.9 Å². The molecule has 0 saturated carbocycles. The first-order valence-corrected chi connectivity index (χ1v) is 5.45. The van der Waals surface area contributed by atoms with Crippen molar-refractivity contribution in [2.45, 2.75) is 12.8 Å². The van der Waals surface area contributed by atoms with Crippen LogP contribution in [0, 0.1) is 0 Å². The molecule has 0 spiro atoms. The molecule has 1 aromatic carbocycles. The molecule has 0 radical (unpaired) electrons. The Morgan fingerprint density at radius 3 is 2.63 bits per heavy atom. The van der Waals surface area contributed by atoms with Crippen LogP contribution in [0.15, 0.2) is 42.6 Å². The number of hydrogen-bond acceptors (Lipinski definition) is 3. The fourth-order valence-corrected chi connectivity index (χ4v) is 1.50. The zero-order valence-electron chi connectivity index (χ0n) is 9.82. The Balaban J connectivity index is 2.08. The van der Waals surface area contributed by atoms with Gasteiger partial charge in [0.05, 0.1) is 11.3 Å². The predicted molar refractivity (Wildman–Crippen MR) is 64.4 cm³/mol. The molecule has 0 aliphatic rings. The van der Waals surface area contributed by atoms with Crippen LogP contribution >= 0.6 is 0 Å². The number of nitrogens with zero attached hydrogens (tertiary/aromatic N) is 1. The second-order valence-corrected chi connectivity index (χ2v) is 3.89. The maximum absolute atomic E-state index is 12.5. The molecule has 1 aromatic heterocycles. The quantitative estimate of drug-likeness (QED) is 0.929. The number of hydrogen-bond donors (Lipinski definition) is 1. The lowest BCUT2D eigenvalue weighted by Gasteiger charge is -2.10. The van der Waals surface area contributed by atoms with Gasteiger partial charge < -0.3 is 10.5 Å². The monoisotopic (exact) mass is 268 g/mol. The standard InChI is InChI=1S/C13H11F3N2O/c14-13(15,16)9-2-1-3-12(6-9)19-8-11-7-10(17)4-5-18-11/h1-7H,8H2,(H2,17,18). The number of benzene rings is 1. The first-order chi connectivity index (χ1) is 8.95. The van der Waals surface area contributed by atoms with Gasteiger partial charge in [0, 0.05) is 11.9 Å². The topological polar surface area (TPSA) is 48.1 Å². The fraction of sp³-hybridized carbons (Fsp3) is 0.154. The largest absolute Gasteiger partial charge is 0.487 e. The molecule has 19 heavy (non-hydrogen) atoms. The molecule has 0 aliphatic heterocycles. The highest BCUT2D eigenvalue weighted by Gasteiger charge is 2.30. The Morgan fingerprint density at radius 2 is 1.95 bits per heavy atom. The molecule has 100 valence electrons. The highest BCUT2D eigenvalue weighted by Crippen LogP contribution is 2.31. The third kappa shape index (κ3) is 3.61. The van der Waals surface area contributed by atoms with E-state index in [1.165, 1.54) is 18.3 Å². The lowest BCUT2D eigenvalue weighted by atomic mass is 10.2. The second kappa shape index (κ2) is 5.17. The van der Waals surface area contributed by atoms with Crippen LogP contribution in [0.1, 0.15) is 11.3 Å². The van der Waals surface area contributed by atoms with Gasteiger partial charge in [0.2, 0.25) is 0 Å². The summed E-state index contributed by atoms with van der Waals surface area (Å²) in [5.74, 6) is 0.138. The minimum absolute atomic E-state index is 0.0619. The van der Waals surface area contributed by atoms with E-state index in [-0.39, 0.29) is 12.4 Å². The van der Waals surface area contributed by atoms with Gasteiger partial charge in [-0.3, -0.25) is 4.98 Å². The van der Waals surface area contributed by atoms with Gasteiger partial charge in [-0.2, -0.15) is 13.2 Å². The SMILES string of the molecule is Nc1ccnc(COc2cccc(C(F)(F)F)c2)c1. The third-order valence-corrected chi connectivity index (χ3v) is 2.39. The van der Waals surface area contributed by atoms with Gasteiger partial charge in [-0.15, -0.1) is 0 Å². The molecule has 0 aliphatic carbocycles. The summed E-state index contributed by atoms with van der Waals surface area (Å²) in [6.45, 7) is 0.0619. The van der Waals surface area contributed by atoms with E-state index in [0.29, 0.717) is 11.4 Å². The smallest absolute Gasteiger partial charge is 0.416 e. The molecule has 2 rings (SSSR count). The number of nitrogens with two attached hydrogens (primary N) is 1. The number of aromatic nitrogens is 1. The Morgan fingerprint density at radius 1 is 1.16 bits per heavy atom. The average Bonchev–Trinajstić information content (AvgIpc) is 2.36. The summed E-state index contributed by atoms with van der Waals surface area (Å²) in [7, 11) is 0. The number of pyridine rings is 1. The van der Waals surface area contributed by atoms with Gasteiger partial charge in [-0.05, 0) is 30.3 Å². The van der Waals surface area contributed by atoms with Crippen molar-refractivity contribution >= 4 is 5.69 Å². The maximum Gasteiger partial charge on any atom is 0.416 e. The highest BCUT2D eigenvalue weighted by molar-refractivity contribution is 5.37. The molecular weight excluding hydrogens is 257 g/mol. The Bertz CT molecular complexity index is 570. The van der Waals surface area contributed by atoms with Crippen LogP contribution in [0.4, 0.5) is 18.9 Å². The first-order valence-electron chi connectivity index (χ1n) is 5.45. The fourth-order valence-electron chi connectivity index (χ4n) is 1.50. The van der Waals surface area contributed by atoms with Crippen molar-refractivity contribution in [2.75, 3.05) is 5.73 Å². The van der Waals surface area contributed by atoms with Gasteiger partial charge >= 0.3 is 6.18 Å². The van der Waals surface area contributed by atoms with Crippen molar-refractivity contribution in [2.24, 2.45) is 0 Å². The summed E-state index contributed by atoms with van der Waals surface area (Å²) in [5.41, 5.74) is 5.90. The van der Waals surface area contributed by atoms with Gasteiger partial charge in [0.25, 0.3) is 0 Å². The molecule has 0 fully saturated rings. The average molecular weight is 268 g/mol. The van der Waals surface area contributed by atoms with E-state index in [4.69, 9.17) is 10.5 Å². The number of nitrogen functional groups attached to an aromatic ring is 1. The van der Waals surface area contributed by atoms with Gasteiger partial charge in [0.15, 0.2) is 0 Å². The zero-order chi connectivity index (χ0) is 13.9. The number of anilines is 1.